The summed E-state index contributed by atoms with van der Waals surface area (Å²) in [4.78, 5) is 14.6. The first-order valence-electron chi connectivity index (χ1n) is 9.82. The van der Waals surface area contributed by atoms with Gasteiger partial charge in [-0.25, -0.2) is 0 Å². The molecule has 2 aliphatic rings. The van der Waals surface area contributed by atoms with Gasteiger partial charge in [-0.2, -0.15) is 0 Å². The minimum absolute atomic E-state index is 0. The number of piperidine rings is 1. The Morgan fingerprint density at radius 3 is 2.42 bits per heavy atom. The van der Waals surface area contributed by atoms with E-state index in [0.29, 0.717) is 18.2 Å². The van der Waals surface area contributed by atoms with Gasteiger partial charge in [0.15, 0.2) is 0 Å². The van der Waals surface area contributed by atoms with Crippen LogP contribution in [0.3, 0.4) is 0 Å². The molecule has 1 aromatic rings. The molecule has 26 heavy (non-hydrogen) atoms. The van der Waals surface area contributed by atoms with Crippen LogP contribution in [-0.4, -0.2) is 37.0 Å². The third kappa shape index (κ3) is 5.62. The molecule has 1 aliphatic heterocycles. The number of halogens is 1. The second-order valence-corrected chi connectivity index (χ2v) is 7.77. The number of carbonyl (C=O) groups is 1. The Morgan fingerprint density at radius 1 is 1.15 bits per heavy atom. The Kier molecular flexibility index (Phi) is 8.23. The number of carbonyl (C=O) groups excluding carboxylic acids is 1. The molecule has 2 N–H and O–H groups in total. The molecular formula is C21H33ClN2O2. The fraction of sp³-hybridized carbons (Fsp3) is 0.667. The van der Waals surface area contributed by atoms with E-state index in [4.69, 9.17) is 10.5 Å². The first kappa shape index (κ1) is 21.0. The van der Waals surface area contributed by atoms with E-state index in [2.05, 4.69) is 17.0 Å². The molecule has 5 heteroatoms. The van der Waals surface area contributed by atoms with Crippen LogP contribution in [0.2, 0.25) is 0 Å². The van der Waals surface area contributed by atoms with E-state index >= 15 is 0 Å². The van der Waals surface area contributed by atoms with Crippen molar-refractivity contribution in [2.24, 2.45) is 17.6 Å². The molecule has 1 saturated heterocycles. The average molecular weight is 381 g/mol. The Labute approximate surface area is 163 Å². The lowest BCUT2D eigenvalue weighted by Gasteiger charge is -2.33. The number of hydrogen-bond donors (Lipinski definition) is 1. The zero-order chi connectivity index (χ0) is 17.6. The summed E-state index contributed by atoms with van der Waals surface area (Å²) >= 11 is 0. The zero-order valence-corrected chi connectivity index (χ0v) is 16.7. The van der Waals surface area contributed by atoms with E-state index in [-0.39, 0.29) is 18.4 Å². The van der Waals surface area contributed by atoms with Gasteiger partial charge in [0.05, 0.1) is 7.11 Å². The van der Waals surface area contributed by atoms with E-state index < -0.39 is 0 Å². The second-order valence-electron chi connectivity index (χ2n) is 7.77. The SMILES string of the molecule is COc1ccc(CCC2CCN(C(=O)C[C@@H]3CCC[C@H]3N)CC2)cc1.Cl. The van der Waals surface area contributed by atoms with Gasteiger partial charge in [-0.05, 0) is 68.1 Å². The summed E-state index contributed by atoms with van der Waals surface area (Å²) in [5.41, 5.74) is 7.48. The number of aryl methyl sites for hydroxylation is 1. The lowest BCUT2D eigenvalue weighted by atomic mass is 9.90. The molecule has 1 amide bonds. The van der Waals surface area contributed by atoms with Crippen molar-refractivity contribution in [3.8, 4) is 5.75 Å². The van der Waals surface area contributed by atoms with E-state index in [1.54, 1.807) is 7.11 Å². The molecule has 1 aliphatic carbocycles. The van der Waals surface area contributed by atoms with E-state index in [9.17, 15) is 4.79 Å². The van der Waals surface area contributed by atoms with Crippen molar-refractivity contribution < 1.29 is 9.53 Å². The first-order chi connectivity index (χ1) is 12.2. The topological polar surface area (TPSA) is 55.6 Å². The van der Waals surface area contributed by atoms with Gasteiger partial charge in [-0.3, -0.25) is 4.79 Å². The molecule has 0 aromatic heterocycles. The monoisotopic (exact) mass is 380 g/mol. The van der Waals surface area contributed by atoms with Crippen molar-refractivity contribution >= 4 is 18.3 Å². The molecule has 4 nitrogen and oxygen atoms in total. The molecule has 1 aromatic carbocycles. The predicted molar refractivity (Wildman–Crippen MR) is 108 cm³/mol. The second kappa shape index (κ2) is 10.2. The smallest absolute Gasteiger partial charge is 0.222 e. The summed E-state index contributed by atoms with van der Waals surface area (Å²) in [5.74, 6) is 2.40. The van der Waals surface area contributed by atoms with Crippen LogP contribution in [0.25, 0.3) is 0 Å². The van der Waals surface area contributed by atoms with Crippen molar-refractivity contribution in [1.29, 1.82) is 0 Å². The van der Waals surface area contributed by atoms with Crippen LogP contribution in [0.4, 0.5) is 0 Å². The largest absolute Gasteiger partial charge is 0.497 e. The maximum atomic E-state index is 12.5. The summed E-state index contributed by atoms with van der Waals surface area (Å²) in [5, 5.41) is 0. The van der Waals surface area contributed by atoms with Crippen molar-refractivity contribution in [2.75, 3.05) is 20.2 Å². The number of benzene rings is 1. The van der Waals surface area contributed by atoms with Crippen LogP contribution in [0.1, 0.15) is 50.5 Å². The number of amides is 1. The number of nitrogens with zero attached hydrogens (tertiary/aromatic N) is 1. The molecule has 146 valence electrons. The molecule has 1 saturated carbocycles. The van der Waals surface area contributed by atoms with Crippen molar-refractivity contribution in [2.45, 2.75) is 57.4 Å². The zero-order valence-electron chi connectivity index (χ0n) is 15.9. The molecule has 3 rings (SSSR count). The summed E-state index contributed by atoms with van der Waals surface area (Å²) in [6.07, 6.45) is 8.67. The average Bonchev–Trinajstić information content (AvgIpc) is 3.05. The van der Waals surface area contributed by atoms with Crippen molar-refractivity contribution in [1.82, 2.24) is 4.90 Å². The van der Waals surface area contributed by atoms with Gasteiger partial charge in [-0.1, -0.05) is 18.6 Å². The quantitative estimate of drug-likeness (QED) is 0.816. The number of hydrogen-bond acceptors (Lipinski definition) is 3. The number of ether oxygens (including phenoxy) is 1. The fourth-order valence-electron chi connectivity index (χ4n) is 4.31. The minimum Gasteiger partial charge on any atom is -0.497 e. The Hall–Kier alpha value is -1.26. The highest BCUT2D eigenvalue weighted by atomic mass is 35.5. The lowest BCUT2D eigenvalue weighted by molar-refractivity contribution is -0.133. The third-order valence-electron chi connectivity index (χ3n) is 6.12. The van der Waals surface area contributed by atoms with Gasteiger partial charge in [0.1, 0.15) is 5.75 Å². The van der Waals surface area contributed by atoms with Gasteiger partial charge in [0.25, 0.3) is 0 Å². The van der Waals surface area contributed by atoms with Crippen LogP contribution in [-0.2, 0) is 11.2 Å². The Balaban J connectivity index is 0.00000243. The standard InChI is InChI=1S/C21H32N2O2.ClH/c1-25-19-9-7-16(8-10-19)5-6-17-11-13-23(14-12-17)21(24)15-18-3-2-4-20(18)22;/h7-10,17-18,20H,2-6,11-15,22H2,1H3;1H/t18-,20+;/m0./s1. The Morgan fingerprint density at radius 2 is 1.85 bits per heavy atom. The summed E-state index contributed by atoms with van der Waals surface area (Å²) < 4.78 is 5.21. The summed E-state index contributed by atoms with van der Waals surface area (Å²) in [7, 11) is 1.70. The highest BCUT2D eigenvalue weighted by Gasteiger charge is 2.29. The number of rotatable bonds is 6. The normalized spacial score (nSPS) is 23.5. The maximum absolute atomic E-state index is 12.5. The Bertz CT molecular complexity index is 556. The van der Waals surface area contributed by atoms with Gasteiger partial charge in [0, 0.05) is 25.6 Å². The maximum Gasteiger partial charge on any atom is 0.222 e. The molecular weight excluding hydrogens is 348 g/mol. The van der Waals surface area contributed by atoms with Crippen LogP contribution in [0, 0.1) is 11.8 Å². The molecule has 2 atom stereocenters. The molecule has 0 unspecified atom stereocenters. The van der Waals surface area contributed by atoms with Gasteiger partial charge >= 0.3 is 0 Å². The lowest BCUT2D eigenvalue weighted by Crippen LogP contribution is -2.40. The van der Waals surface area contributed by atoms with Gasteiger partial charge in [0.2, 0.25) is 5.91 Å². The first-order valence-corrected chi connectivity index (χ1v) is 9.82. The van der Waals surface area contributed by atoms with Crippen LogP contribution < -0.4 is 10.5 Å². The summed E-state index contributed by atoms with van der Waals surface area (Å²) in [6, 6.07) is 8.62. The van der Waals surface area contributed by atoms with Gasteiger partial charge < -0.3 is 15.4 Å². The number of methoxy groups -OCH3 is 1. The fourth-order valence-corrected chi connectivity index (χ4v) is 4.31. The highest BCUT2D eigenvalue weighted by molar-refractivity contribution is 5.85. The van der Waals surface area contributed by atoms with Crippen LogP contribution in [0.15, 0.2) is 24.3 Å². The molecule has 2 fully saturated rings. The predicted octanol–water partition coefficient (Wildman–Crippen LogP) is 3.81. The molecule has 0 spiro atoms. The van der Waals surface area contributed by atoms with Crippen LogP contribution in [0.5, 0.6) is 5.75 Å². The summed E-state index contributed by atoms with van der Waals surface area (Å²) in [6.45, 7) is 1.85. The molecule has 0 radical (unpaired) electrons. The van der Waals surface area contributed by atoms with Gasteiger partial charge in [-0.15, -0.1) is 12.4 Å². The van der Waals surface area contributed by atoms with E-state index in [0.717, 1.165) is 56.9 Å². The number of nitrogens with two attached hydrogens (primary N) is 1. The van der Waals surface area contributed by atoms with E-state index in [1.807, 2.05) is 12.1 Å². The third-order valence-corrected chi connectivity index (χ3v) is 6.12. The van der Waals surface area contributed by atoms with E-state index in [1.165, 1.54) is 18.4 Å². The molecule has 0 bridgehead atoms. The van der Waals surface area contributed by atoms with Crippen LogP contribution >= 0.6 is 12.4 Å². The minimum atomic E-state index is 0. The van der Waals surface area contributed by atoms with Crippen molar-refractivity contribution in [3.63, 3.8) is 0 Å². The highest BCUT2D eigenvalue weighted by Crippen LogP contribution is 2.29. The van der Waals surface area contributed by atoms with Crippen molar-refractivity contribution in [3.05, 3.63) is 29.8 Å². The molecule has 1 heterocycles. The number of likely N-dealkylation sites (tertiary alicyclic amines) is 1.